The molecule has 5 heterocycles. The summed E-state index contributed by atoms with van der Waals surface area (Å²) in [7, 11) is 0. The first-order valence-electron chi connectivity index (χ1n) is 20.9. The maximum absolute atomic E-state index is 15.0. The molecular formula is C44H54FN9O3S2. The normalized spacial score (nSPS) is 14.6. The van der Waals surface area contributed by atoms with Crippen LogP contribution in [0, 0.1) is 24.6 Å². The molecule has 12 nitrogen and oxygen atoms in total. The van der Waals surface area contributed by atoms with Gasteiger partial charge in [-0.25, -0.2) is 19.2 Å². The third kappa shape index (κ3) is 11.3. The van der Waals surface area contributed by atoms with Crippen LogP contribution in [-0.2, 0) is 12.8 Å². The fourth-order valence-corrected chi connectivity index (χ4v) is 9.59. The summed E-state index contributed by atoms with van der Waals surface area (Å²) < 4.78 is 21.9. The van der Waals surface area contributed by atoms with E-state index in [9.17, 15) is 9.90 Å². The lowest BCUT2D eigenvalue weighted by molar-refractivity contribution is 0.0690. The largest absolute Gasteiger partial charge is 0.491 e. The van der Waals surface area contributed by atoms with E-state index in [0.29, 0.717) is 53.1 Å². The predicted octanol–water partition coefficient (Wildman–Crippen LogP) is 8.19. The van der Waals surface area contributed by atoms with Crippen LogP contribution < -0.4 is 20.7 Å². The molecule has 2 aliphatic rings. The number of aryl methyl sites for hydroxylation is 1. The van der Waals surface area contributed by atoms with Crippen molar-refractivity contribution in [2.24, 2.45) is 5.73 Å². The Hall–Kier alpha value is -4.72. The van der Waals surface area contributed by atoms with Crippen molar-refractivity contribution in [1.82, 2.24) is 30.0 Å². The van der Waals surface area contributed by atoms with Crippen LogP contribution in [0.2, 0.25) is 0 Å². The number of aromatic carboxylic acids is 1. The van der Waals surface area contributed by atoms with Crippen LogP contribution in [0.25, 0.3) is 10.2 Å². The fraction of sp³-hybridized carbons (Fsp3) is 0.477. The molecule has 0 aliphatic carbocycles. The van der Waals surface area contributed by atoms with Crippen molar-refractivity contribution < 1.29 is 19.0 Å². The molecule has 15 heteroatoms. The molecule has 0 radical (unpaired) electrons. The average molecular weight is 840 g/mol. The molecule has 0 bridgehead atoms. The minimum Gasteiger partial charge on any atom is -0.491 e. The number of ether oxygens (including phenoxy) is 1. The summed E-state index contributed by atoms with van der Waals surface area (Å²) in [6.45, 7) is 9.65. The third-order valence-electron chi connectivity index (χ3n) is 10.9. The Labute approximate surface area is 354 Å². The highest BCUT2D eigenvalue weighted by atomic mass is 32.1. The second-order valence-corrected chi connectivity index (χ2v) is 17.3. The van der Waals surface area contributed by atoms with Gasteiger partial charge in [0.15, 0.2) is 39.2 Å². The molecule has 1 fully saturated rings. The lowest BCUT2D eigenvalue weighted by Gasteiger charge is -2.33. The van der Waals surface area contributed by atoms with Crippen LogP contribution >= 0.6 is 22.7 Å². The minimum absolute atomic E-state index is 0.0164. The van der Waals surface area contributed by atoms with Crippen molar-refractivity contribution >= 4 is 60.8 Å². The van der Waals surface area contributed by atoms with E-state index in [4.69, 9.17) is 10.5 Å². The van der Waals surface area contributed by atoms with Gasteiger partial charge in [0.25, 0.3) is 0 Å². The summed E-state index contributed by atoms with van der Waals surface area (Å²) in [5.41, 5.74) is 9.15. The molecule has 2 aromatic carbocycles. The number of benzene rings is 2. The maximum atomic E-state index is 15.0. The Kier molecular flexibility index (Phi) is 15.1. The average Bonchev–Trinajstić information content (AvgIpc) is 3.87. The Bertz CT molecular complexity index is 2210. The van der Waals surface area contributed by atoms with Gasteiger partial charge in [-0.15, -0.1) is 21.5 Å². The zero-order valence-corrected chi connectivity index (χ0v) is 35.5. The second kappa shape index (κ2) is 21.0. The first kappa shape index (κ1) is 42.4. The Morgan fingerprint density at radius 3 is 2.51 bits per heavy atom. The van der Waals surface area contributed by atoms with Gasteiger partial charge in [-0.3, -0.25) is 4.90 Å². The van der Waals surface area contributed by atoms with E-state index in [1.807, 2.05) is 36.1 Å². The summed E-state index contributed by atoms with van der Waals surface area (Å²) in [5.74, 6) is 6.27. The zero-order valence-electron chi connectivity index (χ0n) is 33.8. The highest BCUT2D eigenvalue weighted by Crippen LogP contribution is 2.39. The summed E-state index contributed by atoms with van der Waals surface area (Å²) in [5, 5.41) is 23.8. The highest BCUT2D eigenvalue weighted by Gasteiger charge is 2.28. The number of piperazine rings is 1. The Morgan fingerprint density at radius 2 is 1.73 bits per heavy atom. The van der Waals surface area contributed by atoms with Crippen LogP contribution in [0.4, 0.5) is 26.3 Å². The number of rotatable bonds is 19. The molecule has 1 saturated heterocycles. The first-order chi connectivity index (χ1) is 28.9. The van der Waals surface area contributed by atoms with Gasteiger partial charge in [0, 0.05) is 54.3 Å². The minimum atomic E-state index is -1.09. The standard InChI is InChI=1S/C44H54FN9O3S2/c1-31-33-15-12-24-54(41(33)51-50-40(31)49-43-47-35-16-7-8-17-37(35)58-43)44-48-39(42(55)56)38(59-44)18-13-29-57-36-20-19-32(30-34(36)45)14-11-23-53-27-25-52(26-28-53)22-10-6-4-2-3-5-9-21-46/h7-8,16-17,19-20,30H,2-6,9-10,12-13,15,18,21-29,46H2,1H3,(H,55,56)(H,47,49,50). The van der Waals surface area contributed by atoms with Gasteiger partial charge >= 0.3 is 5.97 Å². The number of para-hydroxylation sites is 1. The molecule has 3 aromatic heterocycles. The van der Waals surface area contributed by atoms with Crippen LogP contribution in [-0.4, -0.2) is 100 Å². The van der Waals surface area contributed by atoms with Crippen molar-refractivity contribution in [2.45, 2.75) is 77.6 Å². The molecule has 0 amide bonds. The van der Waals surface area contributed by atoms with E-state index in [1.165, 1.54) is 62.5 Å². The highest BCUT2D eigenvalue weighted by molar-refractivity contribution is 7.22. The molecule has 5 aromatic rings. The van der Waals surface area contributed by atoms with Gasteiger partial charge in [-0.1, -0.05) is 67.4 Å². The quantitative estimate of drug-likeness (QED) is 0.0545. The molecule has 0 saturated carbocycles. The van der Waals surface area contributed by atoms with E-state index in [0.717, 1.165) is 78.5 Å². The van der Waals surface area contributed by atoms with E-state index in [-0.39, 0.29) is 18.1 Å². The van der Waals surface area contributed by atoms with Crippen LogP contribution in [0.3, 0.4) is 0 Å². The number of fused-ring (bicyclic) bond motifs is 2. The SMILES string of the molecule is Cc1c(Nc2nc3ccccc3s2)nnc2c1CCCN2c1nc(C(=O)O)c(CCCOc2ccc(C#CCN3CCN(CCCCCCCCCN)CC3)cc2F)s1. The second-order valence-electron chi connectivity index (χ2n) is 15.2. The number of anilines is 4. The topological polar surface area (TPSA) is 146 Å². The number of nitrogens with one attached hydrogen (secondary N) is 1. The number of thiazole rings is 2. The van der Waals surface area contributed by atoms with Crippen molar-refractivity contribution in [3.05, 3.63) is 75.5 Å². The summed E-state index contributed by atoms with van der Waals surface area (Å²) in [4.78, 5) is 29.0. The molecule has 0 atom stereocenters. The van der Waals surface area contributed by atoms with E-state index < -0.39 is 11.8 Å². The molecule has 2 aliphatic heterocycles. The van der Waals surface area contributed by atoms with Gasteiger partial charge in [0.1, 0.15) is 0 Å². The molecule has 7 rings (SSSR count). The molecule has 4 N–H and O–H groups in total. The maximum Gasteiger partial charge on any atom is 0.355 e. The summed E-state index contributed by atoms with van der Waals surface area (Å²) >= 11 is 2.90. The van der Waals surface area contributed by atoms with Crippen LogP contribution in [0.5, 0.6) is 5.75 Å². The van der Waals surface area contributed by atoms with Crippen molar-refractivity contribution in [3.63, 3.8) is 0 Å². The van der Waals surface area contributed by atoms with Gasteiger partial charge in [-0.2, -0.15) is 0 Å². The summed E-state index contributed by atoms with van der Waals surface area (Å²) in [6.07, 6.45) is 11.5. The zero-order chi connectivity index (χ0) is 41.0. The lowest BCUT2D eigenvalue weighted by atomic mass is 10.0. The van der Waals surface area contributed by atoms with Gasteiger partial charge < -0.3 is 30.7 Å². The number of aromatic nitrogens is 4. The molecule has 312 valence electrons. The number of halogens is 1. The number of nitrogens with two attached hydrogens (primary N) is 1. The monoisotopic (exact) mass is 839 g/mol. The van der Waals surface area contributed by atoms with Gasteiger partial charge in [0.2, 0.25) is 0 Å². The lowest BCUT2D eigenvalue weighted by Crippen LogP contribution is -2.46. The van der Waals surface area contributed by atoms with E-state index in [1.54, 1.807) is 23.5 Å². The number of carboxylic acid groups (broad SMARTS) is 1. The number of unbranched alkanes of at least 4 members (excludes halogenated alkanes) is 6. The predicted molar refractivity (Wildman–Crippen MR) is 235 cm³/mol. The van der Waals surface area contributed by atoms with Crippen molar-refractivity contribution in [1.29, 1.82) is 0 Å². The first-order valence-corrected chi connectivity index (χ1v) is 22.5. The van der Waals surface area contributed by atoms with E-state index in [2.05, 4.69) is 47.1 Å². The van der Waals surface area contributed by atoms with E-state index >= 15 is 4.39 Å². The number of carboxylic acids is 1. The molecule has 59 heavy (non-hydrogen) atoms. The Balaban J connectivity index is 0.867. The van der Waals surface area contributed by atoms with Crippen LogP contribution in [0.15, 0.2) is 42.5 Å². The van der Waals surface area contributed by atoms with Gasteiger partial charge in [-0.05, 0) is 88.9 Å². The number of nitrogens with zero attached hydrogens (tertiary/aromatic N) is 7. The van der Waals surface area contributed by atoms with Crippen molar-refractivity contribution in [3.8, 4) is 17.6 Å². The fourth-order valence-electron chi connectivity index (χ4n) is 7.60. The summed E-state index contributed by atoms with van der Waals surface area (Å²) in [6, 6.07) is 12.8. The number of hydrogen-bond acceptors (Lipinski definition) is 13. The molecule has 0 unspecified atom stereocenters. The molecule has 0 spiro atoms. The third-order valence-corrected chi connectivity index (χ3v) is 13.0. The number of hydrogen-bond donors (Lipinski definition) is 3. The number of carbonyl (C=O) groups is 1. The van der Waals surface area contributed by atoms with Gasteiger partial charge in [0.05, 0.1) is 23.4 Å². The smallest absolute Gasteiger partial charge is 0.355 e. The van der Waals surface area contributed by atoms with Crippen LogP contribution in [0.1, 0.15) is 89.8 Å². The Morgan fingerprint density at radius 1 is 0.949 bits per heavy atom. The van der Waals surface area contributed by atoms with Crippen molar-refractivity contribution in [2.75, 3.05) is 69.2 Å². The molecular weight excluding hydrogens is 786 g/mol.